The maximum atomic E-state index is 10.6. The summed E-state index contributed by atoms with van der Waals surface area (Å²) in [5.41, 5.74) is 0. The number of carboxylic acid groups (broad SMARTS) is 1. The Morgan fingerprint density at radius 1 is 1.64 bits per heavy atom. The van der Waals surface area contributed by atoms with Gasteiger partial charge in [-0.15, -0.1) is 0 Å². The zero-order chi connectivity index (χ0) is 10.6. The van der Waals surface area contributed by atoms with E-state index in [-0.39, 0.29) is 12.6 Å². The Morgan fingerprint density at radius 3 is 2.86 bits per heavy atom. The summed E-state index contributed by atoms with van der Waals surface area (Å²) in [6, 6.07) is 0.375. The molecular weight excluding hydrogens is 182 g/mol. The van der Waals surface area contributed by atoms with Gasteiger partial charge in [0.2, 0.25) is 0 Å². The maximum absolute atomic E-state index is 10.6. The lowest BCUT2D eigenvalue weighted by Crippen LogP contribution is -2.44. The molecule has 1 rings (SSSR count). The van der Waals surface area contributed by atoms with Crippen molar-refractivity contribution in [1.29, 1.82) is 0 Å². The highest BCUT2D eigenvalue weighted by Gasteiger charge is 2.25. The van der Waals surface area contributed by atoms with Crippen molar-refractivity contribution in [2.24, 2.45) is 0 Å². The van der Waals surface area contributed by atoms with Crippen LogP contribution < -0.4 is 0 Å². The van der Waals surface area contributed by atoms with Gasteiger partial charge >= 0.3 is 5.97 Å². The molecule has 4 heteroatoms. The fraction of sp³-hybridized carbons (Fsp3) is 0.900. The third-order valence-electron chi connectivity index (χ3n) is 2.72. The highest BCUT2D eigenvalue weighted by atomic mass is 16.5. The quantitative estimate of drug-likeness (QED) is 0.736. The fourth-order valence-electron chi connectivity index (χ4n) is 1.98. The molecule has 1 fully saturated rings. The average Bonchev–Trinajstić information content (AvgIpc) is 2.14. The second-order valence-electron chi connectivity index (χ2n) is 3.82. The van der Waals surface area contributed by atoms with Crippen LogP contribution in [-0.2, 0) is 9.53 Å². The maximum Gasteiger partial charge on any atom is 0.317 e. The molecule has 0 saturated carbocycles. The first-order valence-electron chi connectivity index (χ1n) is 5.21. The van der Waals surface area contributed by atoms with E-state index in [4.69, 9.17) is 9.84 Å². The molecule has 1 heterocycles. The van der Waals surface area contributed by atoms with Crippen molar-refractivity contribution < 1.29 is 14.6 Å². The Morgan fingerprint density at radius 2 is 2.36 bits per heavy atom. The number of carbonyl (C=O) groups is 1. The minimum atomic E-state index is -0.744. The first-order valence-corrected chi connectivity index (χ1v) is 5.21. The predicted molar refractivity (Wildman–Crippen MR) is 53.3 cm³/mol. The van der Waals surface area contributed by atoms with Crippen molar-refractivity contribution in [2.45, 2.75) is 38.8 Å². The van der Waals surface area contributed by atoms with Gasteiger partial charge in [0.05, 0.1) is 12.6 Å². The molecule has 14 heavy (non-hydrogen) atoms. The molecule has 4 nitrogen and oxygen atoms in total. The number of likely N-dealkylation sites (N-methyl/N-ethyl adjacent to an activating group) is 1. The molecule has 1 N–H and O–H groups in total. The van der Waals surface area contributed by atoms with Crippen molar-refractivity contribution in [3.05, 3.63) is 0 Å². The Bertz CT molecular complexity index is 196. The van der Waals surface area contributed by atoms with Gasteiger partial charge in [-0.2, -0.15) is 0 Å². The van der Waals surface area contributed by atoms with Crippen LogP contribution >= 0.6 is 0 Å². The Balaban J connectivity index is 2.46. The number of carboxylic acids is 1. The van der Waals surface area contributed by atoms with E-state index in [0.717, 1.165) is 26.0 Å². The molecule has 0 aromatic rings. The van der Waals surface area contributed by atoms with Crippen molar-refractivity contribution >= 4 is 5.97 Å². The van der Waals surface area contributed by atoms with Gasteiger partial charge in [0.15, 0.2) is 0 Å². The Labute approximate surface area is 84.8 Å². The van der Waals surface area contributed by atoms with Crippen LogP contribution in [0.5, 0.6) is 0 Å². The topological polar surface area (TPSA) is 49.8 Å². The first kappa shape index (κ1) is 11.5. The molecule has 82 valence electrons. The van der Waals surface area contributed by atoms with Gasteiger partial charge in [0, 0.05) is 12.6 Å². The van der Waals surface area contributed by atoms with E-state index in [9.17, 15) is 4.79 Å². The Kier molecular flexibility index (Phi) is 4.35. The molecule has 0 bridgehead atoms. The van der Waals surface area contributed by atoms with E-state index in [1.54, 1.807) is 0 Å². The van der Waals surface area contributed by atoms with E-state index >= 15 is 0 Å². The van der Waals surface area contributed by atoms with E-state index in [1.165, 1.54) is 0 Å². The van der Waals surface area contributed by atoms with Crippen LogP contribution in [0.2, 0.25) is 0 Å². The second kappa shape index (κ2) is 5.32. The zero-order valence-electron chi connectivity index (χ0n) is 8.90. The van der Waals surface area contributed by atoms with E-state index in [1.807, 2.05) is 18.7 Å². The molecule has 0 amide bonds. The highest BCUT2D eigenvalue weighted by Crippen LogP contribution is 2.18. The van der Waals surface area contributed by atoms with E-state index in [2.05, 4.69) is 0 Å². The molecule has 1 aliphatic rings. The number of rotatable bonds is 4. The highest BCUT2D eigenvalue weighted by molar-refractivity contribution is 5.69. The monoisotopic (exact) mass is 201 g/mol. The number of ether oxygens (including phenoxy) is 1. The van der Waals surface area contributed by atoms with Crippen molar-refractivity contribution in [3.63, 3.8) is 0 Å². The van der Waals surface area contributed by atoms with Crippen LogP contribution in [0, 0.1) is 0 Å². The van der Waals surface area contributed by atoms with Gasteiger partial charge in [0.25, 0.3) is 0 Å². The molecule has 0 aliphatic carbocycles. The summed E-state index contributed by atoms with van der Waals surface area (Å²) < 4.78 is 5.43. The summed E-state index contributed by atoms with van der Waals surface area (Å²) in [7, 11) is 0. The summed E-state index contributed by atoms with van der Waals surface area (Å²) in [6.45, 7) is 5.74. The molecule has 0 aromatic carbocycles. The van der Waals surface area contributed by atoms with Crippen molar-refractivity contribution in [2.75, 3.05) is 19.7 Å². The average molecular weight is 201 g/mol. The normalized spacial score (nSPS) is 27.9. The third-order valence-corrected chi connectivity index (χ3v) is 2.72. The lowest BCUT2D eigenvalue weighted by Gasteiger charge is -2.35. The van der Waals surface area contributed by atoms with E-state index in [0.29, 0.717) is 6.04 Å². The minimum Gasteiger partial charge on any atom is -0.480 e. The smallest absolute Gasteiger partial charge is 0.317 e. The van der Waals surface area contributed by atoms with Gasteiger partial charge in [-0.1, -0.05) is 6.92 Å². The molecule has 1 aliphatic heterocycles. The standard InChI is InChI=1S/C10H19NO3/c1-3-11(7-10(12)13)9-4-5-14-8(2)6-9/h8-9H,3-7H2,1-2H3,(H,12,13). The largest absolute Gasteiger partial charge is 0.480 e. The summed E-state index contributed by atoms with van der Waals surface area (Å²) >= 11 is 0. The number of hydrogen-bond acceptors (Lipinski definition) is 3. The number of nitrogens with zero attached hydrogens (tertiary/aromatic N) is 1. The molecule has 0 spiro atoms. The number of aliphatic carboxylic acids is 1. The van der Waals surface area contributed by atoms with Crippen molar-refractivity contribution in [3.8, 4) is 0 Å². The lowest BCUT2D eigenvalue weighted by atomic mass is 10.0. The zero-order valence-corrected chi connectivity index (χ0v) is 8.90. The van der Waals surface area contributed by atoms with Gasteiger partial charge in [0.1, 0.15) is 0 Å². The SMILES string of the molecule is CCN(CC(=O)O)C1CCOC(C)C1. The first-order chi connectivity index (χ1) is 6.63. The molecule has 2 atom stereocenters. The Hall–Kier alpha value is -0.610. The summed E-state index contributed by atoms with van der Waals surface area (Å²) in [5.74, 6) is -0.744. The van der Waals surface area contributed by atoms with Gasteiger partial charge in [-0.3, -0.25) is 9.69 Å². The van der Waals surface area contributed by atoms with Crippen LogP contribution in [-0.4, -0.2) is 47.8 Å². The fourth-order valence-corrected chi connectivity index (χ4v) is 1.98. The second-order valence-corrected chi connectivity index (χ2v) is 3.82. The third kappa shape index (κ3) is 3.27. The van der Waals surface area contributed by atoms with Crippen molar-refractivity contribution in [1.82, 2.24) is 4.90 Å². The molecule has 1 saturated heterocycles. The lowest BCUT2D eigenvalue weighted by molar-refractivity contribution is -0.139. The van der Waals surface area contributed by atoms with E-state index < -0.39 is 5.97 Å². The molecule has 0 radical (unpaired) electrons. The van der Waals surface area contributed by atoms with Gasteiger partial charge < -0.3 is 9.84 Å². The predicted octanol–water partition coefficient (Wildman–Crippen LogP) is 0.960. The van der Waals surface area contributed by atoms with Crippen LogP contribution in [0.4, 0.5) is 0 Å². The minimum absolute atomic E-state index is 0.147. The number of hydrogen-bond donors (Lipinski definition) is 1. The van der Waals surface area contributed by atoms with Gasteiger partial charge in [-0.05, 0) is 26.3 Å². The molecule has 2 unspecified atom stereocenters. The van der Waals surface area contributed by atoms with Crippen LogP contribution in [0.1, 0.15) is 26.7 Å². The summed E-state index contributed by atoms with van der Waals surface area (Å²) in [6.07, 6.45) is 2.16. The van der Waals surface area contributed by atoms with Crippen LogP contribution in [0.3, 0.4) is 0 Å². The summed E-state index contributed by atoms with van der Waals surface area (Å²) in [4.78, 5) is 12.6. The summed E-state index contributed by atoms with van der Waals surface area (Å²) in [5, 5.41) is 8.74. The van der Waals surface area contributed by atoms with Crippen LogP contribution in [0.15, 0.2) is 0 Å². The van der Waals surface area contributed by atoms with Crippen LogP contribution in [0.25, 0.3) is 0 Å². The van der Waals surface area contributed by atoms with Gasteiger partial charge in [-0.25, -0.2) is 0 Å². The molecule has 0 aromatic heterocycles. The molecular formula is C10H19NO3.